The highest BCUT2D eigenvalue weighted by atomic mass is 32.2. The first kappa shape index (κ1) is 12.7. The van der Waals surface area contributed by atoms with Crippen LogP contribution in [0.1, 0.15) is 38.5 Å². The summed E-state index contributed by atoms with van der Waals surface area (Å²) in [7, 11) is -2.94. The Balaban J connectivity index is 1.74. The van der Waals surface area contributed by atoms with E-state index in [2.05, 4.69) is 5.32 Å². The second kappa shape index (κ2) is 5.25. The highest BCUT2D eigenvalue weighted by Crippen LogP contribution is 2.20. The van der Waals surface area contributed by atoms with Crippen LogP contribution in [0.25, 0.3) is 0 Å². The summed E-state index contributed by atoms with van der Waals surface area (Å²) < 4.78 is 27.7. The molecule has 1 N–H and O–H groups in total. The maximum absolute atomic E-state index is 11.6. The van der Waals surface area contributed by atoms with Gasteiger partial charge in [-0.3, -0.25) is 0 Å². The van der Waals surface area contributed by atoms with Crippen molar-refractivity contribution in [2.75, 3.05) is 11.5 Å². The predicted octanol–water partition coefficient (Wildman–Crippen LogP) is 1.23. The lowest BCUT2D eigenvalue weighted by Crippen LogP contribution is -2.38. The first-order valence-electron chi connectivity index (χ1n) is 6.23. The summed E-state index contributed by atoms with van der Waals surface area (Å²) in [5.41, 5.74) is 0. The SMILES string of the molecule is O=C(N[C@@H]1CCS(=O)(=O)C1)OC1CCCCC1. The van der Waals surface area contributed by atoms with Gasteiger partial charge in [0.05, 0.1) is 11.5 Å². The van der Waals surface area contributed by atoms with Gasteiger partial charge in [0.2, 0.25) is 0 Å². The molecule has 5 nitrogen and oxygen atoms in total. The van der Waals surface area contributed by atoms with Gasteiger partial charge in [-0.05, 0) is 32.1 Å². The minimum absolute atomic E-state index is 0.0155. The van der Waals surface area contributed by atoms with Gasteiger partial charge in [0.25, 0.3) is 0 Å². The fraction of sp³-hybridized carbons (Fsp3) is 0.909. The number of carbonyl (C=O) groups is 1. The van der Waals surface area contributed by atoms with Crippen LogP contribution in [0.4, 0.5) is 4.79 Å². The molecule has 0 unspecified atom stereocenters. The van der Waals surface area contributed by atoms with E-state index in [-0.39, 0.29) is 23.7 Å². The average Bonchev–Trinajstić information content (AvgIpc) is 2.59. The number of ether oxygens (including phenoxy) is 1. The zero-order valence-corrected chi connectivity index (χ0v) is 10.7. The molecule has 2 rings (SSSR count). The van der Waals surface area contributed by atoms with Gasteiger partial charge in [-0.1, -0.05) is 6.42 Å². The van der Waals surface area contributed by atoms with E-state index in [1.165, 1.54) is 6.42 Å². The molecule has 17 heavy (non-hydrogen) atoms. The van der Waals surface area contributed by atoms with Crippen molar-refractivity contribution in [3.05, 3.63) is 0 Å². The maximum atomic E-state index is 11.6. The largest absolute Gasteiger partial charge is 0.446 e. The molecule has 1 atom stereocenters. The van der Waals surface area contributed by atoms with Crippen molar-refractivity contribution in [1.29, 1.82) is 0 Å². The fourth-order valence-electron chi connectivity index (χ4n) is 2.44. The third-order valence-electron chi connectivity index (χ3n) is 3.38. The molecular formula is C11H19NO4S. The second-order valence-electron chi connectivity index (χ2n) is 4.91. The van der Waals surface area contributed by atoms with Crippen LogP contribution in [0.5, 0.6) is 0 Å². The van der Waals surface area contributed by atoms with Crippen molar-refractivity contribution in [2.45, 2.75) is 50.7 Å². The van der Waals surface area contributed by atoms with Gasteiger partial charge in [0.1, 0.15) is 6.10 Å². The molecule has 1 amide bonds. The van der Waals surface area contributed by atoms with E-state index in [0.717, 1.165) is 25.7 Å². The number of hydrogen-bond acceptors (Lipinski definition) is 4. The molecule has 1 saturated heterocycles. The molecule has 0 radical (unpaired) electrons. The zero-order valence-electron chi connectivity index (χ0n) is 9.85. The Morgan fingerprint density at radius 3 is 2.41 bits per heavy atom. The molecule has 0 aromatic carbocycles. The van der Waals surface area contributed by atoms with Crippen molar-refractivity contribution < 1.29 is 17.9 Å². The van der Waals surface area contributed by atoms with E-state index in [1.807, 2.05) is 0 Å². The summed E-state index contributed by atoms with van der Waals surface area (Å²) in [5.74, 6) is 0.216. The van der Waals surface area contributed by atoms with Crippen LogP contribution in [0.2, 0.25) is 0 Å². The molecule has 6 heteroatoms. The lowest BCUT2D eigenvalue weighted by atomic mass is 9.98. The normalized spacial score (nSPS) is 28.8. The molecule has 0 spiro atoms. The first-order chi connectivity index (χ1) is 8.05. The fourth-order valence-corrected chi connectivity index (χ4v) is 4.12. The van der Waals surface area contributed by atoms with Gasteiger partial charge in [-0.2, -0.15) is 0 Å². The summed E-state index contributed by atoms with van der Waals surface area (Å²) >= 11 is 0. The topological polar surface area (TPSA) is 72.5 Å². The van der Waals surface area contributed by atoms with Gasteiger partial charge in [-0.25, -0.2) is 13.2 Å². The highest BCUT2D eigenvalue weighted by Gasteiger charge is 2.30. The quantitative estimate of drug-likeness (QED) is 0.811. The van der Waals surface area contributed by atoms with Crippen molar-refractivity contribution in [2.24, 2.45) is 0 Å². The monoisotopic (exact) mass is 261 g/mol. The molecule has 2 fully saturated rings. The van der Waals surface area contributed by atoms with Gasteiger partial charge in [-0.15, -0.1) is 0 Å². The Morgan fingerprint density at radius 1 is 1.12 bits per heavy atom. The highest BCUT2D eigenvalue weighted by molar-refractivity contribution is 7.91. The predicted molar refractivity (Wildman–Crippen MR) is 63.5 cm³/mol. The van der Waals surface area contributed by atoms with Crippen molar-refractivity contribution >= 4 is 15.9 Å². The van der Waals surface area contributed by atoms with E-state index in [0.29, 0.717) is 6.42 Å². The maximum Gasteiger partial charge on any atom is 0.407 e. The Kier molecular flexibility index (Phi) is 3.91. The van der Waals surface area contributed by atoms with Gasteiger partial charge in [0.15, 0.2) is 9.84 Å². The zero-order chi connectivity index (χ0) is 12.3. The van der Waals surface area contributed by atoms with Crippen molar-refractivity contribution in [3.8, 4) is 0 Å². The molecule has 1 aliphatic heterocycles. The molecule has 1 saturated carbocycles. The van der Waals surface area contributed by atoms with E-state index in [1.54, 1.807) is 0 Å². The van der Waals surface area contributed by atoms with Crippen molar-refractivity contribution in [1.82, 2.24) is 5.32 Å². The number of sulfone groups is 1. The Hall–Kier alpha value is -0.780. The standard InChI is InChI=1S/C11H19NO4S/c13-11(16-10-4-2-1-3-5-10)12-9-6-7-17(14,15)8-9/h9-10H,1-8H2,(H,12,13)/t9-/m1/s1. The Bertz CT molecular complexity index is 373. The molecule has 2 aliphatic rings. The van der Waals surface area contributed by atoms with Crippen LogP contribution in [-0.4, -0.2) is 38.2 Å². The number of nitrogens with one attached hydrogen (secondary N) is 1. The van der Waals surface area contributed by atoms with Crippen LogP contribution in [0, 0.1) is 0 Å². The molecule has 98 valence electrons. The molecule has 1 heterocycles. The minimum atomic E-state index is -2.94. The Morgan fingerprint density at radius 2 is 1.82 bits per heavy atom. The number of alkyl carbamates (subject to hydrolysis) is 1. The second-order valence-corrected chi connectivity index (χ2v) is 7.14. The van der Waals surface area contributed by atoms with E-state index in [9.17, 15) is 13.2 Å². The summed E-state index contributed by atoms with van der Waals surface area (Å²) in [6, 6.07) is -0.268. The van der Waals surface area contributed by atoms with E-state index in [4.69, 9.17) is 4.74 Å². The number of amides is 1. The number of carbonyl (C=O) groups excluding carboxylic acids is 1. The minimum Gasteiger partial charge on any atom is -0.446 e. The first-order valence-corrected chi connectivity index (χ1v) is 8.05. The van der Waals surface area contributed by atoms with Gasteiger partial charge in [0, 0.05) is 6.04 Å². The van der Waals surface area contributed by atoms with E-state index >= 15 is 0 Å². The van der Waals surface area contributed by atoms with Crippen LogP contribution in [0.15, 0.2) is 0 Å². The number of hydrogen-bond donors (Lipinski definition) is 1. The summed E-state index contributed by atoms with van der Waals surface area (Å²) in [4.78, 5) is 11.6. The smallest absolute Gasteiger partial charge is 0.407 e. The lowest BCUT2D eigenvalue weighted by Gasteiger charge is -2.22. The molecule has 0 aromatic heterocycles. The van der Waals surface area contributed by atoms with Crippen LogP contribution in [0.3, 0.4) is 0 Å². The van der Waals surface area contributed by atoms with Crippen LogP contribution < -0.4 is 5.32 Å². The molecule has 1 aliphatic carbocycles. The lowest BCUT2D eigenvalue weighted by molar-refractivity contribution is 0.0735. The van der Waals surface area contributed by atoms with Gasteiger partial charge < -0.3 is 10.1 Å². The number of rotatable bonds is 2. The molecule has 0 bridgehead atoms. The third kappa shape index (κ3) is 3.87. The van der Waals surface area contributed by atoms with Crippen LogP contribution in [-0.2, 0) is 14.6 Å². The average molecular weight is 261 g/mol. The summed E-state index contributed by atoms with van der Waals surface area (Å²) in [5, 5.41) is 2.64. The van der Waals surface area contributed by atoms with Crippen molar-refractivity contribution in [3.63, 3.8) is 0 Å². The van der Waals surface area contributed by atoms with Gasteiger partial charge >= 0.3 is 6.09 Å². The molecular weight excluding hydrogens is 242 g/mol. The van der Waals surface area contributed by atoms with Crippen LogP contribution >= 0.6 is 0 Å². The van der Waals surface area contributed by atoms with E-state index < -0.39 is 15.9 Å². The third-order valence-corrected chi connectivity index (χ3v) is 5.15. The summed E-state index contributed by atoms with van der Waals surface area (Å²) in [6.07, 6.45) is 5.34. The Labute approximate surface area is 102 Å². The summed E-state index contributed by atoms with van der Waals surface area (Å²) in [6.45, 7) is 0. The molecule has 0 aromatic rings.